The van der Waals surface area contributed by atoms with Crippen LogP contribution in [-0.2, 0) is 9.59 Å². The van der Waals surface area contributed by atoms with Gasteiger partial charge in [0.25, 0.3) is 0 Å². The molecular formula is C18H18N2O3. The van der Waals surface area contributed by atoms with E-state index in [-0.39, 0.29) is 17.7 Å². The van der Waals surface area contributed by atoms with Crippen LogP contribution in [0.15, 0.2) is 54.6 Å². The summed E-state index contributed by atoms with van der Waals surface area (Å²) in [5, 5.41) is 2.86. The summed E-state index contributed by atoms with van der Waals surface area (Å²) in [6.07, 6.45) is 0. The van der Waals surface area contributed by atoms with Gasteiger partial charge < -0.3 is 15.0 Å². The molecular weight excluding hydrogens is 292 g/mol. The van der Waals surface area contributed by atoms with Crippen molar-refractivity contribution >= 4 is 17.5 Å². The van der Waals surface area contributed by atoms with Crippen molar-refractivity contribution in [2.75, 3.05) is 18.4 Å². The van der Waals surface area contributed by atoms with E-state index >= 15 is 0 Å². The van der Waals surface area contributed by atoms with Crippen LogP contribution in [0.5, 0.6) is 11.5 Å². The number of nitrogens with zero attached hydrogens (tertiary/aromatic N) is 1. The third-order valence-corrected chi connectivity index (χ3v) is 3.80. The maximum Gasteiger partial charge on any atom is 0.231 e. The molecule has 1 heterocycles. The number of likely N-dealkylation sites (tertiary alicyclic amines) is 1. The minimum atomic E-state index is -0.126. The summed E-state index contributed by atoms with van der Waals surface area (Å²) >= 11 is 0. The second kappa shape index (κ2) is 6.52. The summed E-state index contributed by atoms with van der Waals surface area (Å²) in [5.74, 6) is 1.30. The molecule has 0 saturated carbocycles. The summed E-state index contributed by atoms with van der Waals surface area (Å²) in [4.78, 5) is 24.8. The number of amides is 2. The highest BCUT2D eigenvalue weighted by molar-refractivity contribution is 5.94. The van der Waals surface area contributed by atoms with Crippen LogP contribution in [-0.4, -0.2) is 29.8 Å². The highest BCUT2D eigenvalue weighted by Gasteiger charge is 2.33. The lowest BCUT2D eigenvalue weighted by atomic mass is 9.99. The molecule has 1 fully saturated rings. The number of ether oxygens (including phenoxy) is 1. The Kier molecular flexibility index (Phi) is 4.28. The first-order valence-electron chi connectivity index (χ1n) is 7.51. The molecule has 118 valence electrons. The molecule has 0 aliphatic carbocycles. The highest BCUT2D eigenvalue weighted by Crippen LogP contribution is 2.23. The van der Waals surface area contributed by atoms with E-state index in [1.165, 1.54) is 6.92 Å². The summed E-state index contributed by atoms with van der Waals surface area (Å²) in [7, 11) is 0. The molecule has 0 bridgehead atoms. The van der Waals surface area contributed by atoms with E-state index in [1.807, 2.05) is 42.5 Å². The molecule has 1 aliphatic rings. The molecule has 2 aromatic rings. The van der Waals surface area contributed by atoms with E-state index in [4.69, 9.17) is 4.74 Å². The van der Waals surface area contributed by atoms with Gasteiger partial charge in [-0.25, -0.2) is 0 Å². The van der Waals surface area contributed by atoms with Crippen LogP contribution in [0.1, 0.15) is 6.92 Å². The normalized spacial score (nSPS) is 14.0. The fraction of sp³-hybridized carbons (Fsp3) is 0.222. The van der Waals surface area contributed by atoms with Crippen molar-refractivity contribution in [3.63, 3.8) is 0 Å². The minimum Gasteiger partial charge on any atom is -0.457 e. The van der Waals surface area contributed by atoms with Gasteiger partial charge in [-0.1, -0.05) is 18.2 Å². The molecule has 1 aliphatic heterocycles. The van der Waals surface area contributed by atoms with Crippen molar-refractivity contribution < 1.29 is 14.3 Å². The lowest BCUT2D eigenvalue weighted by Gasteiger charge is -2.37. The molecule has 1 saturated heterocycles. The lowest BCUT2D eigenvalue weighted by Crippen LogP contribution is -2.53. The fourth-order valence-corrected chi connectivity index (χ4v) is 2.38. The van der Waals surface area contributed by atoms with Gasteiger partial charge in [-0.05, 0) is 36.4 Å². The van der Waals surface area contributed by atoms with Gasteiger partial charge in [-0.15, -0.1) is 0 Å². The van der Waals surface area contributed by atoms with Gasteiger partial charge >= 0.3 is 0 Å². The molecule has 0 spiro atoms. The number of para-hydroxylation sites is 1. The van der Waals surface area contributed by atoms with Crippen LogP contribution in [0.2, 0.25) is 0 Å². The Labute approximate surface area is 134 Å². The van der Waals surface area contributed by atoms with Crippen molar-refractivity contribution in [3.05, 3.63) is 54.6 Å². The molecule has 0 unspecified atom stereocenters. The smallest absolute Gasteiger partial charge is 0.231 e. The van der Waals surface area contributed by atoms with Crippen molar-refractivity contribution in [1.29, 1.82) is 0 Å². The van der Waals surface area contributed by atoms with Crippen LogP contribution in [0, 0.1) is 5.92 Å². The van der Waals surface area contributed by atoms with Crippen LogP contribution in [0.4, 0.5) is 5.69 Å². The number of carbonyl (C=O) groups is 2. The summed E-state index contributed by atoms with van der Waals surface area (Å²) in [6.45, 7) is 2.51. The predicted molar refractivity (Wildman–Crippen MR) is 87.3 cm³/mol. The van der Waals surface area contributed by atoms with E-state index in [9.17, 15) is 9.59 Å². The number of hydrogen-bond donors (Lipinski definition) is 1. The van der Waals surface area contributed by atoms with Gasteiger partial charge in [0.05, 0.1) is 5.92 Å². The minimum absolute atomic E-state index is 0.0106. The molecule has 0 aromatic heterocycles. The second-order valence-electron chi connectivity index (χ2n) is 5.55. The standard InChI is InChI=1S/C18H18N2O3/c1-13(21)20-11-14(12-20)18(22)19-15-7-9-17(10-8-15)23-16-5-3-2-4-6-16/h2-10,14H,11-12H2,1H3,(H,19,22). The average molecular weight is 310 g/mol. The topological polar surface area (TPSA) is 58.6 Å². The molecule has 0 atom stereocenters. The van der Waals surface area contributed by atoms with Gasteiger partial charge in [-0.2, -0.15) is 0 Å². The number of benzene rings is 2. The molecule has 5 nitrogen and oxygen atoms in total. The summed E-state index contributed by atoms with van der Waals surface area (Å²) in [6, 6.07) is 16.7. The van der Waals surface area contributed by atoms with Gasteiger partial charge in [0.15, 0.2) is 0 Å². The zero-order chi connectivity index (χ0) is 16.2. The monoisotopic (exact) mass is 310 g/mol. The number of anilines is 1. The van der Waals surface area contributed by atoms with E-state index < -0.39 is 0 Å². The maximum atomic E-state index is 12.1. The number of rotatable bonds is 4. The van der Waals surface area contributed by atoms with Gasteiger partial charge in [0, 0.05) is 25.7 Å². The second-order valence-corrected chi connectivity index (χ2v) is 5.55. The van der Waals surface area contributed by atoms with Crippen molar-refractivity contribution in [3.8, 4) is 11.5 Å². The van der Waals surface area contributed by atoms with Crippen LogP contribution in [0.3, 0.4) is 0 Å². The molecule has 5 heteroatoms. The SMILES string of the molecule is CC(=O)N1CC(C(=O)Nc2ccc(Oc3ccccc3)cc2)C1. The van der Waals surface area contributed by atoms with E-state index in [0.717, 1.165) is 11.4 Å². The predicted octanol–water partition coefficient (Wildman–Crippen LogP) is 2.90. The van der Waals surface area contributed by atoms with E-state index in [2.05, 4.69) is 5.32 Å². The first-order valence-corrected chi connectivity index (χ1v) is 7.51. The van der Waals surface area contributed by atoms with Crippen LogP contribution < -0.4 is 10.1 Å². The summed E-state index contributed by atoms with van der Waals surface area (Å²) < 4.78 is 5.70. The largest absolute Gasteiger partial charge is 0.457 e. The third kappa shape index (κ3) is 3.69. The quantitative estimate of drug-likeness (QED) is 0.944. The number of hydrogen-bond acceptors (Lipinski definition) is 3. The Morgan fingerprint density at radius 2 is 1.61 bits per heavy atom. The van der Waals surface area contributed by atoms with Crippen molar-refractivity contribution in [1.82, 2.24) is 4.90 Å². The lowest BCUT2D eigenvalue weighted by molar-refractivity contribution is -0.139. The van der Waals surface area contributed by atoms with Gasteiger partial charge in [0.2, 0.25) is 11.8 Å². The molecule has 1 N–H and O–H groups in total. The average Bonchev–Trinajstić information content (AvgIpc) is 2.48. The van der Waals surface area contributed by atoms with Crippen LogP contribution >= 0.6 is 0 Å². The molecule has 23 heavy (non-hydrogen) atoms. The zero-order valence-corrected chi connectivity index (χ0v) is 12.9. The first kappa shape index (κ1) is 15.1. The fourth-order valence-electron chi connectivity index (χ4n) is 2.38. The van der Waals surface area contributed by atoms with E-state index in [0.29, 0.717) is 18.8 Å². The summed E-state index contributed by atoms with van der Waals surface area (Å²) in [5.41, 5.74) is 0.719. The Hall–Kier alpha value is -2.82. The molecule has 0 radical (unpaired) electrons. The van der Waals surface area contributed by atoms with E-state index in [1.54, 1.807) is 17.0 Å². The van der Waals surface area contributed by atoms with Gasteiger partial charge in [0.1, 0.15) is 11.5 Å². The molecule has 2 aromatic carbocycles. The van der Waals surface area contributed by atoms with Crippen LogP contribution in [0.25, 0.3) is 0 Å². The van der Waals surface area contributed by atoms with Gasteiger partial charge in [-0.3, -0.25) is 9.59 Å². The number of carbonyl (C=O) groups excluding carboxylic acids is 2. The van der Waals surface area contributed by atoms with Crippen molar-refractivity contribution in [2.45, 2.75) is 6.92 Å². The first-order chi connectivity index (χ1) is 11.1. The Balaban J connectivity index is 1.54. The zero-order valence-electron chi connectivity index (χ0n) is 12.9. The molecule has 2 amide bonds. The Morgan fingerprint density at radius 1 is 1.00 bits per heavy atom. The Morgan fingerprint density at radius 3 is 2.22 bits per heavy atom. The number of nitrogens with one attached hydrogen (secondary N) is 1. The van der Waals surface area contributed by atoms with Crippen molar-refractivity contribution in [2.24, 2.45) is 5.92 Å². The third-order valence-electron chi connectivity index (χ3n) is 3.80. The maximum absolute atomic E-state index is 12.1. The Bertz CT molecular complexity index is 692. The molecule has 3 rings (SSSR count). The highest BCUT2D eigenvalue weighted by atomic mass is 16.5.